The number of carbonyl (C=O) groups is 1. The van der Waals surface area contributed by atoms with Crippen molar-refractivity contribution in [3.8, 4) is 5.75 Å². The van der Waals surface area contributed by atoms with Gasteiger partial charge in [0.25, 0.3) is 5.69 Å². The van der Waals surface area contributed by atoms with E-state index in [0.29, 0.717) is 12.4 Å². The average Bonchev–Trinajstić information content (AvgIpc) is 2.98. The lowest BCUT2D eigenvalue weighted by Crippen LogP contribution is -2.27. The van der Waals surface area contributed by atoms with Crippen molar-refractivity contribution in [3.63, 3.8) is 0 Å². The molecule has 0 radical (unpaired) electrons. The lowest BCUT2D eigenvalue weighted by molar-refractivity contribution is -0.384. The van der Waals surface area contributed by atoms with Crippen LogP contribution in [-0.4, -0.2) is 23.2 Å². The molecule has 1 unspecified atom stereocenters. The second kappa shape index (κ2) is 6.92. The van der Waals surface area contributed by atoms with Crippen LogP contribution in [0, 0.1) is 10.1 Å². The van der Waals surface area contributed by atoms with E-state index in [2.05, 4.69) is 0 Å². The summed E-state index contributed by atoms with van der Waals surface area (Å²) < 4.78 is 5.42. The minimum absolute atomic E-state index is 0.0133. The predicted molar refractivity (Wildman–Crippen MR) is 93.4 cm³/mol. The van der Waals surface area contributed by atoms with Gasteiger partial charge >= 0.3 is 0 Å². The highest BCUT2D eigenvalue weighted by Gasteiger charge is 2.34. The molecule has 3 rings (SSSR count). The van der Waals surface area contributed by atoms with Crippen molar-refractivity contribution in [2.75, 3.05) is 17.3 Å². The first-order valence-electron chi connectivity index (χ1n) is 7.51. The van der Waals surface area contributed by atoms with Gasteiger partial charge in [0.05, 0.1) is 17.3 Å². The Morgan fingerprint density at radius 3 is 2.71 bits per heavy atom. The smallest absolute Gasteiger partial charge is 0.269 e. The van der Waals surface area contributed by atoms with Crippen LogP contribution in [0.4, 0.5) is 11.4 Å². The maximum atomic E-state index is 12.3. The Balaban J connectivity index is 1.92. The van der Waals surface area contributed by atoms with Crippen LogP contribution in [0.2, 0.25) is 0 Å². The second-order valence-corrected chi connectivity index (χ2v) is 6.27. The summed E-state index contributed by atoms with van der Waals surface area (Å²) in [6.07, 6.45) is 0. The first kappa shape index (κ1) is 16.3. The van der Waals surface area contributed by atoms with Gasteiger partial charge in [0.1, 0.15) is 11.1 Å². The number of anilines is 1. The van der Waals surface area contributed by atoms with Crippen LogP contribution in [0.15, 0.2) is 48.5 Å². The molecule has 124 valence electrons. The van der Waals surface area contributed by atoms with Gasteiger partial charge in [-0.25, -0.2) is 0 Å². The number of carbonyl (C=O) groups excluding carboxylic acids is 1. The van der Waals surface area contributed by atoms with E-state index in [-0.39, 0.29) is 17.0 Å². The maximum absolute atomic E-state index is 12.3. The molecule has 1 saturated heterocycles. The molecule has 0 spiro atoms. The molecule has 1 aliphatic rings. The van der Waals surface area contributed by atoms with Gasteiger partial charge in [0, 0.05) is 17.8 Å². The van der Waals surface area contributed by atoms with Crippen molar-refractivity contribution in [3.05, 3.63) is 64.2 Å². The molecule has 0 aliphatic carbocycles. The van der Waals surface area contributed by atoms with Crippen LogP contribution in [0.25, 0.3) is 0 Å². The zero-order valence-electron chi connectivity index (χ0n) is 13.0. The fourth-order valence-corrected chi connectivity index (χ4v) is 3.78. The standard InChI is InChI=1S/C17H16N2O4S/c1-2-23-15-8-6-13(7-9-15)18-16(20)11-24-17(18)12-4-3-5-14(10-12)19(21)22/h3-10,17H,2,11H2,1H3. The highest BCUT2D eigenvalue weighted by molar-refractivity contribution is 8.00. The molecular weight excluding hydrogens is 328 g/mol. The minimum Gasteiger partial charge on any atom is -0.494 e. The van der Waals surface area contributed by atoms with Gasteiger partial charge in [-0.2, -0.15) is 0 Å². The predicted octanol–water partition coefficient (Wildman–Crippen LogP) is 3.77. The Morgan fingerprint density at radius 1 is 1.29 bits per heavy atom. The third-order valence-electron chi connectivity index (χ3n) is 3.66. The highest BCUT2D eigenvalue weighted by atomic mass is 32.2. The number of amides is 1. The van der Waals surface area contributed by atoms with Crippen LogP contribution >= 0.6 is 11.8 Å². The number of ether oxygens (including phenoxy) is 1. The number of hydrogen-bond acceptors (Lipinski definition) is 5. The lowest BCUT2D eigenvalue weighted by atomic mass is 10.1. The van der Waals surface area contributed by atoms with Gasteiger partial charge in [0.2, 0.25) is 5.91 Å². The first-order valence-corrected chi connectivity index (χ1v) is 8.56. The van der Waals surface area contributed by atoms with E-state index in [9.17, 15) is 14.9 Å². The van der Waals surface area contributed by atoms with Gasteiger partial charge in [-0.1, -0.05) is 12.1 Å². The molecule has 1 fully saturated rings. The van der Waals surface area contributed by atoms with E-state index < -0.39 is 4.92 Å². The summed E-state index contributed by atoms with van der Waals surface area (Å²) in [4.78, 5) is 24.6. The van der Waals surface area contributed by atoms with Crippen molar-refractivity contribution in [2.24, 2.45) is 0 Å². The highest BCUT2D eigenvalue weighted by Crippen LogP contribution is 2.42. The van der Waals surface area contributed by atoms with Crippen LogP contribution in [0.1, 0.15) is 17.9 Å². The molecule has 1 heterocycles. The molecule has 0 aromatic heterocycles. The van der Waals surface area contributed by atoms with Crippen molar-refractivity contribution < 1.29 is 14.5 Å². The SMILES string of the molecule is CCOc1ccc(N2C(=O)CSC2c2cccc([N+](=O)[O-])c2)cc1. The van der Waals surface area contributed by atoms with Gasteiger partial charge in [-0.3, -0.25) is 19.8 Å². The second-order valence-electron chi connectivity index (χ2n) is 5.21. The Bertz CT molecular complexity index is 763. The number of benzene rings is 2. The van der Waals surface area contributed by atoms with E-state index in [1.165, 1.54) is 23.9 Å². The van der Waals surface area contributed by atoms with E-state index in [1.807, 2.05) is 37.3 Å². The van der Waals surface area contributed by atoms with E-state index in [1.54, 1.807) is 11.0 Å². The molecule has 7 heteroatoms. The zero-order chi connectivity index (χ0) is 17.1. The molecular formula is C17H16N2O4S. The molecule has 1 aliphatic heterocycles. The Labute approximate surface area is 143 Å². The number of hydrogen-bond donors (Lipinski definition) is 0. The molecule has 0 bridgehead atoms. The maximum Gasteiger partial charge on any atom is 0.269 e. The number of non-ortho nitro benzene ring substituents is 1. The van der Waals surface area contributed by atoms with E-state index in [0.717, 1.165) is 17.0 Å². The molecule has 1 amide bonds. The number of nitro benzene ring substituents is 1. The molecule has 24 heavy (non-hydrogen) atoms. The summed E-state index contributed by atoms with van der Waals surface area (Å²) in [7, 11) is 0. The quantitative estimate of drug-likeness (QED) is 0.610. The molecule has 6 nitrogen and oxygen atoms in total. The summed E-state index contributed by atoms with van der Waals surface area (Å²) in [6, 6.07) is 13.7. The monoisotopic (exact) mass is 344 g/mol. The number of nitrogens with zero attached hydrogens (tertiary/aromatic N) is 2. The van der Waals surface area contributed by atoms with Gasteiger partial charge in [0.15, 0.2) is 0 Å². The minimum atomic E-state index is -0.424. The van der Waals surface area contributed by atoms with Crippen LogP contribution < -0.4 is 9.64 Å². The van der Waals surface area contributed by atoms with Crippen LogP contribution in [0.5, 0.6) is 5.75 Å². The topological polar surface area (TPSA) is 72.7 Å². The average molecular weight is 344 g/mol. The largest absolute Gasteiger partial charge is 0.494 e. The van der Waals surface area contributed by atoms with Crippen molar-refractivity contribution in [2.45, 2.75) is 12.3 Å². The molecule has 2 aromatic carbocycles. The summed E-state index contributed by atoms with van der Waals surface area (Å²) in [5, 5.41) is 10.7. The Morgan fingerprint density at radius 2 is 2.04 bits per heavy atom. The molecule has 2 aromatic rings. The molecule has 0 N–H and O–H groups in total. The van der Waals surface area contributed by atoms with Gasteiger partial charge in [-0.05, 0) is 36.8 Å². The summed E-state index contributed by atoms with van der Waals surface area (Å²) >= 11 is 1.46. The van der Waals surface area contributed by atoms with Crippen molar-refractivity contribution in [1.29, 1.82) is 0 Å². The summed E-state index contributed by atoms with van der Waals surface area (Å²) in [5.41, 5.74) is 1.53. The fourth-order valence-electron chi connectivity index (χ4n) is 2.61. The number of thioether (sulfide) groups is 1. The van der Waals surface area contributed by atoms with Crippen LogP contribution in [-0.2, 0) is 4.79 Å². The number of rotatable bonds is 5. The number of nitro groups is 1. The summed E-state index contributed by atoms with van der Waals surface area (Å²) in [6.45, 7) is 2.49. The van der Waals surface area contributed by atoms with E-state index >= 15 is 0 Å². The first-order chi connectivity index (χ1) is 11.6. The Hall–Kier alpha value is -2.54. The van der Waals surface area contributed by atoms with E-state index in [4.69, 9.17) is 4.74 Å². The Kier molecular flexibility index (Phi) is 4.71. The van der Waals surface area contributed by atoms with Crippen molar-refractivity contribution in [1.82, 2.24) is 0 Å². The van der Waals surface area contributed by atoms with Crippen molar-refractivity contribution >= 4 is 29.0 Å². The normalized spacial score (nSPS) is 17.1. The van der Waals surface area contributed by atoms with Crippen LogP contribution in [0.3, 0.4) is 0 Å². The zero-order valence-corrected chi connectivity index (χ0v) is 13.9. The third-order valence-corrected chi connectivity index (χ3v) is 4.87. The summed E-state index contributed by atoms with van der Waals surface area (Å²) in [5.74, 6) is 1.08. The van der Waals surface area contributed by atoms with Gasteiger partial charge in [-0.15, -0.1) is 11.8 Å². The molecule has 1 atom stereocenters. The lowest BCUT2D eigenvalue weighted by Gasteiger charge is -2.24. The molecule has 0 saturated carbocycles. The van der Waals surface area contributed by atoms with Gasteiger partial charge < -0.3 is 4.74 Å². The fraction of sp³-hybridized carbons (Fsp3) is 0.235. The third kappa shape index (κ3) is 3.21.